The molecule has 1 aromatic heterocycles. The van der Waals surface area contributed by atoms with Crippen molar-refractivity contribution >= 4 is 5.82 Å². The number of nitrogens with two attached hydrogens (primary N) is 1. The number of aryl methyl sites for hydroxylation is 2. The molecule has 3 nitrogen and oxygen atoms in total. The molecule has 1 heterocycles. The van der Waals surface area contributed by atoms with Crippen LogP contribution in [0.25, 0.3) is 11.3 Å². The summed E-state index contributed by atoms with van der Waals surface area (Å²) < 4.78 is 2.09. The summed E-state index contributed by atoms with van der Waals surface area (Å²) in [5, 5.41) is 0. The van der Waals surface area contributed by atoms with Gasteiger partial charge in [0, 0.05) is 12.1 Å². The molecule has 0 aliphatic rings. The van der Waals surface area contributed by atoms with Crippen molar-refractivity contribution in [2.24, 2.45) is 0 Å². The number of imidazole rings is 1. The number of hydrogen-bond acceptors (Lipinski definition) is 2. The van der Waals surface area contributed by atoms with Gasteiger partial charge in [-0.25, -0.2) is 4.98 Å². The molecule has 2 N–H and O–H groups in total. The van der Waals surface area contributed by atoms with Gasteiger partial charge in [0.25, 0.3) is 0 Å². The third kappa shape index (κ3) is 2.26. The molecule has 3 heteroatoms. The summed E-state index contributed by atoms with van der Waals surface area (Å²) in [7, 11) is 0. The molecule has 96 valence electrons. The minimum absolute atomic E-state index is 0.776. The maximum atomic E-state index is 6.19. The Morgan fingerprint density at radius 2 is 1.83 bits per heavy atom. The van der Waals surface area contributed by atoms with Gasteiger partial charge in [0.15, 0.2) is 0 Å². The van der Waals surface area contributed by atoms with Gasteiger partial charge in [-0.2, -0.15) is 0 Å². The number of nitrogens with zero attached hydrogens (tertiary/aromatic N) is 2. The van der Waals surface area contributed by atoms with Gasteiger partial charge in [-0.3, -0.25) is 0 Å². The molecule has 0 saturated carbocycles. The minimum Gasteiger partial charge on any atom is -0.383 e. The van der Waals surface area contributed by atoms with E-state index in [2.05, 4.69) is 47.7 Å². The standard InChI is InChI=1S/C15H21N3/c1-4-10-18-11(3)17-14(15(18)16)13-8-6-12(5-2)7-9-13/h6-9H,4-5,10,16H2,1-3H3. The van der Waals surface area contributed by atoms with E-state index in [0.717, 1.165) is 42.3 Å². The van der Waals surface area contributed by atoms with E-state index in [4.69, 9.17) is 5.73 Å². The Kier molecular flexibility index (Phi) is 3.70. The lowest BCUT2D eigenvalue weighted by atomic mass is 10.1. The van der Waals surface area contributed by atoms with Crippen LogP contribution in [0.15, 0.2) is 24.3 Å². The Hall–Kier alpha value is -1.77. The Morgan fingerprint density at radius 1 is 1.17 bits per heavy atom. The van der Waals surface area contributed by atoms with Crippen LogP contribution in [0.4, 0.5) is 5.82 Å². The van der Waals surface area contributed by atoms with Crippen molar-refractivity contribution in [1.29, 1.82) is 0 Å². The Morgan fingerprint density at radius 3 is 2.39 bits per heavy atom. The van der Waals surface area contributed by atoms with E-state index in [1.54, 1.807) is 0 Å². The highest BCUT2D eigenvalue weighted by Gasteiger charge is 2.12. The lowest BCUT2D eigenvalue weighted by Gasteiger charge is -2.05. The van der Waals surface area contributed by atoms with Crippen molar-refractivity contribution in [2.45, 2.75) is 40.2 Å². The molecule has 18 heavy (non-hydrogen) atoms. The van der Waals surface area contributed by atoms with E-state index in [0.29, 0.717) is 0 Å². The molecule has 0 aliphatic carbocycles. The van der Waals surface area contributed by atoms with E-state index >= 15 is 0 Å². The average molecular weight is 243 g/mol. The second kappa shape index (κ2) is 5.25. The van der Waals surface area contributed by atoms with Crippen molar-refractivity contribution in [1.82, 2.24) is 9.55 Å². The van der Waals surface area contributed by atoms with Crippen LogP contribution in [-0.4, -0.2) is 9.55 Å². The molecule has 2 rings (SSSR count). The first-order valence-electron chi connectivity index (χ1n) is 6.59. The van der Waals surface area contributed by atoms with E-state index in [-0.39, 0.29) is 0 Å². The van der Waals surface area contributed by atoms with Crippen LogP contribution in [0, 0.1) is 6.92 Å². The summed E-state index contributed by atoms with van der Waals surface area (Å²) in [5.74, 6) is 1.77. The van der Waals surface area contributed by atoms with E-state index < -0.39 is 0 Å². The second-order valence-corrected chi connectivity index (χ2v) is 4.59. The normalized spacial score (nSPS) is 10.8. The summed E-state index contributed by atoms with van der Waals surface area (Å²) >= 11 is 0. The number of rotatable bonds is 4. The second-order valence-electron chi connectivity index (χ2n) is 4.59. The molecular formula is C15H21N3. The molecule has 0 fully saturated rings. The SMILES string of the molecule is CCCn1c(C)nc(-c2ccc(CC)cc2)c1N. The molecule has 0 spiro atoms. The van der Waals surface area contributed by atoms with Crippen LogP contribution in [0.1, 0.15) is 31.7 Å². The van der Waals surface area contributed by atoms with Gasteiger partial charge in [0.2, 0.25) is 0 Å². The van der Waals surface area contributed by atoms with Crippen LogP contribution >= 0.6 is 0 Å². The third-order valence-electron chi connectivity index (χ3n) is 3.28. The summed E-state index contributed by atoms with van der Waals surface area (Å²) in [6.45, 7) is 7.24. The first-order chi connectivity index (χ1) is 8.67. The monoisotopic (exact) mass is 243 g/mol. The highest BCUT2D eigenvalue weighted by Crippen LogP contribution is 2.26. The van der Waals surface area contributed by atoms with Crippen molar-refractivity contribution in [3.05, 3.63) is 35.7 Å². The molecule has 0 saturated heterocycles. The minimum atomic E-state index is 0.776. The summed E-state index contributed by atoms with van der Waals surface area (Å²) in [5.41, 5.74) is 9.53. The number of nitrogen functional groups attached to an aromatic ring is 1. The highest BCUT2D eigenvalue weighted by molar-refractivity contribution is 5.71. The van der Waals surface area contributed by atoms with Crippen molar-refractivity contribution in [3.63, 3.8) is 0 Å². The van der Waals surface area contributed by atoms with E-state index in [1.165, 1.54) is 5.56 Å². The Balaban J connectivity index is 2.40. The molecule has 0 amide bonds. The van der Waals surface area contributed by atoms with E-state index in [9.17, 15) is 0 Å². The van der Waals surface area contributed by atoms with Crippen molar-refractivity contribution in [2.75, 3.05) is 5.73 Å². The first kappa shape index (κ1) is 12.7. The van der Waals surface area contributed by atoms with Gasteiger partial charge in [-0.15, -0.1) is 0 Å². The largest absolute Gasteiger partial charge is 0.383 e. The Labute approximate surface area is 109 Å². The number of benzene rings is 1. The zero-order valence-corrected chi connectivity index (χ0v) is 11.4. The topological polar surface area (TPSA) is 43.8 Å². The first-order valence-corrected chi connectivity index (χ1v) is 6.59. The predicted molar refractivity (Wildman–Crippen MR) is 76.5 cm³/mol. The third-order valence-corrected chi connectivity index (χ3v) is 3.28. The molecular weight excluding hydrogens is 222 g/mol. The Bertz CT molecular complexity index is 523. The number of anilines is 1. The van der Waals surface area contributed by atoms with Crippen LogP contribution in [0.3, 0.4) is 0 Å². The predicted octanol–water partition coefficient (Wildman–Crippen LogP) is 3.41. The van der Waals surface area contributed by atoms with Gasteiger partial charge >= 0.3 is 0 Å². The highest BCUT2D eigenvalue weighted by atomic mass is 15.1. The molecule has 0 bridgehead atoms. The smallest absolute Gasteiger partial charge is 0.131 e. The van der Waals surface area contributed by atoms with Gasteiger partial charge in [0.05, 0.1) is 0 Å². The lowest BCUT2D eigenvalue weighted by molar-refractivity contribution is 0.665. The van der Waals surface area contributed by atoms with Crippen LogP contribution in [0.2, 0.25) is 0 Å². The molecule has 0 aliphatic heterocycles. The molecule has 0 atom stereocenters. The van der Waals surface area contributed by atoms with Crippen molar-refractivity contribution < 1.29 is 0 Å². The molecule has 0 radical (unpaired) electrons. The molecule has 1 aromatic carbocycles. The maximum absolute atomic E-state index is 6.19. The van der Waals surface area contributed by atoms with Gasteiger partial charge in [-0.1, -0.05) is 38.1 Å². The zero-order chi connectivity index (χ0) is 13.1. The summed E-state index contributed by atoms with van der Waals surface area (Å²) in [4.78, 5) is 4.59. The van der Waals surface area contributed by atoms with Crippen LogP contribution in [-0.2, 0) is 13.0 Å². The fourth-order valence-corrected chi connectivity index (χ4v) is 2.20. The van der Waals surface area contributed by atoms with Gasteiger partial charge < -0.3 is 10.3 Å². The maximum Gasteiger partial charge on any atom is 0.131 e. The fourth-order valence-electron chi connectivity index (χ4n) is 2.20. The fraction of sp³-hybridized carbons (Fsp3) is 0.400. The van der Waals surface area contributed by atoms with Crippen LogP contribution < -0.4 is 5.73 Å². The summed E-state index contributed by atoms with van der Waals surface area (Å²) in [6.07, 6.45) is 2.12. The lowest BCUT2D eigenvalue weighted by Crippen LogP contribution is -2.04. The van der Waals surface area contributed by atoms with Gasteiger partial charge in [0.1, 0.15) is 17.3 Å². The van der Waals surface area contributed by atoms with Gasteiger partial charge in [-0.05, 0) is 25.3 Å². The molecule has 2 aromatic rings. The number of hydrogen-bond donors (Lipinski definition) is 1. The molecule has 0 unspecified atom stereocenters. The zero-order valence-electron chi connectivity index (χ0n) is 11.4. The van der Waals surface area contributed by atoms with E-state index in [1.807, 2.05) is 6.92 Å². The van der Waals surface area contributed by atoms with Crippen molar-refractivity contribution in [3.8, 4) is 11.3 Å². The van der Waals surface area contributed by atoms with Crippen LogP contribution in [0.5, 0.6) is 0 Å². The summed E-state index contributed by atoms with van der Waals surface area (Å²) in [6, 6.07) is 8.49. The number of aromatic nitrogens is 2. The quantitative estimate of drug-likeness (QED) is 0.894. The average Bonchev–Trinajstić information content (AvgIpc) is 2.67.